The smallest absolute Gasteiger partial charge is 0.320 e. The van der Waals surface area contributed by atoms with Gasteiger partial charge < -0.3 is 14.6 Å². The Hall–Kier alpha value is -1.00. The van der Waals surface area contributed by atoms with Crippen molar-refractivity contribution in [2.24, 2.45) is 5.92 Å². The van der Waals surface area contributed by atoms with Crippen molar-refractivity contribution in [1.29, 1.82) is 0 Å². The molecule has 0 radical (unpaired) electrons. The fourth-order valence-corrected chi connectivity index (χ4v) is 5.97. The van der Waals surface area contributed by atoms with Crippen LogP contribution in [0.25, 0.3) is 0 Å². The lowest BCUT2D eigenvalue weighted by atomic mass is 9.70. The summed E-state index contributed by atoms with van der Waals surface area (Å²) >= 11 is 0. The van der Waals surface area contributed by atoms with Crippen molar-refractivity contribution >= 4 is 16.1 Å². The Morgan fingerprint density at radius 3 is 2.74 bits per heavy atom. The molecule has 0 aromatic carbocycles. The maximum absolute atomic E-state index is 12.3. The molecule has 0 aliphatic carbocycles. The van der Waals surface area contributed by atoms with Crippen molar-refractivity contribution in [3.8, 4) is 0 Å². The number of carbonyl (C=O) groups excluding carboxylic acids is 1. The summed E-state index contributed by atoms with van der Waals surface area (Å²) in [6.45, 7) is 8.38. The number of carbonyl (C=O) groups is 1. The number of rotatable bonds is 5. The van der Waals surface area contributed by atoms with Crippen LogP contribution in [0.1, 0.15) is 20.8 Å². The van der Waals surface area contributed by atoms with Gasteiger partial charge in [0.05, 0.1) is 6.54 Å². The van der Waals surface area contributed by atoms with E-state index < -0.39 is 51.0 Å². The zero-order valence-electron chi connectivity index (χ0n) is 13.2. The van der Waals surface area contributed by atoms with Crippen LogP contribution in [0.15, 0.2) is 12.7 Å². The van der Waals surface area contributed by atoms with Gasteiger partial charge in [0, 0.05) is 5.92 Å². The van der Waals surface area contributed by atoms with E-state index in [-0.39, 0.29) is 12.5 Å². The third-order valence-electron chi connectivity index (χ3n) is 5.39. The summed E-state index contributed by atoms with van der Waals surface area (Å²) in [7, 11) is -3.88. The molecule has 23 heavy (non-hydrogen) atoms. The van der Waals surface area contributed by atoms with E-state index in [1.54, 1.807) is 13.8 Å². The standard InChI is InChI=1S/C14H21NO7S/c1-5-8(16)15-6-9(17)20-11-10-12-14(4,22-23(10,18)19)7(2)13(11,3)21-12/h5,7-8,10-12,15-16H,1,6H2,2-4H3. The van der Waals surface area contributed by atoms with E-state index >= 15 is 0 Å². The van der Waals surface area contributed by atoms with Crippen molar-refractivity contribution in [2.45, 2.75) is 55.7 Å². The first-order chi connectivity index (χ1) is 10.6. The lowest BCUT2D eigenvalue weighted by molar-refractivity contribution is -0.158. The molecule has 130 valence electrons. The van der Waals surface area contributed by atoms with E-state index in [2.05, 4.69) is 11.9 Å². The van der Waals surface area contributed by atoms with Crippen LogP contribution in [0.2, 0.25) is 0 Å². The summed E-state index contributed by atoms with van der Waals surface area (Å²) in [6, 6.07) is 0. The minimum atomic E-state index is -3.88. The molecule has 0 aromatic heterocycles. The van der Waals surface area contributed by atoms with Gasteiger partial charge in [-0.2, -0.15) is 8.42 Å². The fourth-order valence-electron chi connectivity index (χ4n) is 3.87. The zero-order valence-corrected chi connectivity index (χ0v) is 14.0. The number of aliphatic hydroxyl groups is 1. The molecule has 3 heterocycles. The van der Waals surface area contributed by atoms with Gasteiger partial charge in [-0.15, -0.1) is 0 Å². The Morgan fingerprint density at radius 2 is 2.13 bits per heavy atom. The number of nitrogens with one attached hydrogen (secondary N) is 1. The van der Waals surface area contributed by atoms with Gasteiger partial charge >= 0.3 is 5.97 Å². The van der Waals surface area contributed by atoms with E-state index in [0.29, 0.717) is 0 Å². The molecule has 3 aliphatic rings. The van der Waals surface area contributed by atoms with Crippen molar-refractivity contribution in [3.63, 3.8) is 0 Å². The fraction of sp³-hybridized carbons (Fsp3) is 0.786. The second kappa shape index (κ2) is 5.00. The summed E-state index contributed by atoms with van der Waals surface area (Å²) in [5, 5.41) is 10.8. The summed E-state index contributed by atoms with van der Waals surface area (Å²) in [4.78, 5) is 12.0. The van der Waals surface area contributed by atoms with Gasteiger partial charge in [0.2, 0.25) is 0 Å². The predicted octanol–water partition coefficient (Wildman–Crippen LogP) is -0.713. The maximum Gasteiger partial charge on any atom is 0.320 e. The average Bonchev–Trinajstić information content (AvgIpc) is 2.93. The molecule has 3 saturated heterocycles. The lowest BCUT2D eigenvalue weighted by Crippen LogP contribution is -2.57. The minimum Gasteiger partial charge on any atom is -0.457 e. The molecule has 0 aromatic rings. The molecule has 2 N–H and O–H groups in total. The summed E-state index contributed by atoms with van der Waals surface area (Å²) in [5.74, 6) is -0.942. The number of hydrogen-bond donors (Lipinski definition) is 2. The second-order valence-corrected chi connectivity index (χ2v) is 8.34. The molecule has 3 aliphatic heterocycles. The average molecular weight is 347 g/mol. The number of fused-ring (bicyclic) bond motifs is 1. The van der Waals surface area contributed by atoms with E-state index in [1.807, 2.05) is 6.92 Å². The van der Waals surface area contributed by atoms with E-state index in [9.17, 15) is 18.3 Å². The summed E-state index contributed by atoms with van der Waals surface area (Å²) in [6.07, 6.45) is -1.43. The molecule has 3 fully saturated rings. The van der Waals surface area contributed by atoms with Crippen LogP contribution in [0.4, 0.5) is 0 Å². The predicted molar refractivity (Wildman–Crippen MR) is 78.7 cm³/mol. The quantitative estimate of drug-likeness (QED) is 0.290. The number of esters is 1. The first kappa shape index (κ1) is 16.8. The Morgan fingerprint density at radius 1 is 1.48 bits per heavy atom. The van der Waals surface area contributed by atoms with Gasteiger partial charge in [-0.1, -0.05) is 13.5 Å². The zero-order chi connectivity index (χ0) is 17.2. The molecule has 0 amide bonds. The molecule has 8 nitrogen and oxygen atoms in total. The maximum atomic E-state index is 12.3. The number of ether oxygens (including phenoxy) is 2. The SMILES string of the molecule is C=CC(O)NCC(=O)OC1C2C3OC1(C)C(C)C3(C)OS2(=O)=O. The van der Waals surface area contributed by atoms with Gasteiger partial charge in [0.1, 0.15) is 23.5 Å². The summed E-state index contributed by atoms with van der Waals surface area (Å²) < 4.78 is 41.2. The Kier molecular flexibility index (Phi) is 3.66. The normalized spacial score (nSPS) is 47.5. The van der Waals surface area contributed by atoms with Gasteiger partial charge in [-0.05, 0) is 19.9 Å². The van der Waals surface area contributed by atoms with Crippen LogP contribution in [0.5, 0.6) is 0 Å². The topological polar surface area (TPSA) is 111 Å². The van der Waals surface area contributed by atoms with Crippen molar-refractivity contribution in [2.75, 3.05) is 6.54 Å². The van der Waals surface area contributed by atoms with Gasteiger partial charge in [0.25, 0.3) is 10.1 Å². The largest absolute Gasteiger partial charge is 0.457 e. The highest BCUT2D eigenvalue weighted by atomic mass is 32.2. The van der Waals surface area contributed by atoms with Crippen LogP contribution in [0, 0.1) is 5.92 Å². The monoisotopic (exact) mass is 347 g/mol. The van der Waals surface area contributed by atoms with Crippen LogP contribution in [-0.2, 0) is 28.6 Å². The van der Waals surface area contributed by atoms with E-state index in [1.165, 1.54) is 6.08 Å². The highest BCUT2D eigenvalue weighted by Gasteiger charge is 2.80. The molecule has 0 saturated carbocycles. The molecular weight excluding hydrogens is 326 g/mol. The third-order valence-corrected chi connectivity index (χ3v) is 7.15. The van der Waals surface area contributed by atoms with Gasteiger partial charge in [-0.25, -0.2) is 0 Å². The lowest BCUT2D eigenvalue weighted by Gasteiger charge is -2.38. The van der Waals surface area contributed by atoms with Crippen LogP contribution >= 0.6 is 0 Å². The van der Waals surface area contributed by atoms with Gasteiger partial charge in [0.15, 0.2) is 11.4 Å². The van der Waals surface area contributed by atoms with Crippen molar-refractivity contribution in [3.05, 3.63) is 12.7 Å². The van der Waals surface area contributed by atoms with E-state index in [4.69, 9.17) is 13.7 Å². The van der Waals surface area contributed by atoms with Crippen LogP contribution in [-0.4, -0.2) is 60.9 Å². The Labute approximate surface area is 134 Å². The van der Waals surface area contributed by atoms with Crippen LogP contribution in [0.3, 0.4) is 0 Å². The van der Waals surface area contributed by atoms with Crippen molar-refractivity contribution in [1.82, 2.24) is 5.32 Å². The number of aliphatic hydroxyl groups excluding tert-OH is 1. The first-order valence-electron chi connectivity index (χ1n) is 7.42. The molecule has 7 unspecified atom stereocenters. The highest BCUT2D eigenvalue weighted by molar-refractivity contribution is 7.87. The van der Waals surface area contributed by atoms with Crippen LogP contribution < -0.4 is 5.32 Å². The Bertz CT molecular complexity index is 650. The molecular formula is C14H21NO7S. The van der Waals surface area contributed by atoms with Gasteiger partial charge in [-0.3, -0.25) is 14.3 Å². The van der Waals surface area contributed by atoms with Crippen molar-refractivity contribution < 1.29 is 32.0 Å². The molecule has 3 rings (SSSR count). The first-order valence-corrected chi connectivity index (χ1v) is 8.89. The van der Waals surface area contributed by atoms with E-state index in [0.717, 1.165) is 0 Å². The second-order valence-electron chi connectivity index (χ2n) is 6.64. The molecule has 2 bridgehead atoms. The minimum absolute atomic E-state index is 0.266. The summed E-state index contributed by atoms with van der Waals surface area (Å²) in [5.41, 5.74) is -1.86. The molecule has 0 spiro atoms. The molecule has 9 heteroatoms. The number of hydrogen-bond acceptors (Lipinski definition) is 8. The third kappa shape index (κ3) is 2.18. The highest BCUT2D eigenvalue weighted by Crippen LogP contribution is 2.61. The molecule has 7 atom stereocenters. The Balaban J connectivity index is 1.81.